The number of hydrogen-bond donors (Lipinski definition) is 1. The summed E-state index contributed by atoms with van der Waals surface area (Å²) in [5, 5.41) is 3.54. The highest BCUT2D eigenvalue weighted by Crippen LogP contribution is 2.32. The molecule has 140 valence electrons. The fourth-order valence-corrected chi connectivity index (χ4v) is 3.50. The van der Waals surface area contributed by atoms with Crippen molar-refractivity contribution in [2.24, 2.45) is 5.92 Å². The molecule has 2 aliphatic rings. The van der Waals surface area contributed by atoms with Crippen LogP contribution in [0.4, 0.5) is 11.4 Å². The molecule has 1 aromatic carbocycles. The molecule has 1 unspecified atom stereocenters. The van der Waals surface area contributed by atoms with Gasteiger partial charge in [-0.25, -0.2) is 9.59 Å². The lowest BCUT2D eigenvalue weighted by Crippen LogP contribution is -2.42. The summed E-state index contributed by atoms with van der Waals surface area (Å²) in [7, 11) is 0. The van der Waals surface area contributed by atoms with Gasteiger partial charge in [0.05, 0.1) is 10.7 Å². The van der Waals surface area contributed by atoms with Gasteiger partial charge in [0.1, 0.15) is 0 Å². The summed E-state index contributed by atoms with van der Waals surface area (Å²) in [6.07, 6.45) is 3.68. The minimum absolute atomic E-state index is 0.186. The SMILES string of the molecule is CC1CCCN(c2ccc(NC=C3C(=O)OC(C)(C)OC3=O)cc2Cl)C1. The number of anilines is 2. The third-order valence-electron chi connectivity index (χ3n) is 4.45. The number of piperidine rings is 1. The highest BCUT2D eigenvalue weighted by Gasteiger charge is 2.38. The predicted octanol–water partition coefficient (Wildman–Crippen LogP) is 3.71. The number of nitrogens with zero attached hydrogens (tertiary/aromatic N) is 1. The van der Waals surface area contributed by atoms with E-state index in [1.54, 1.807) is 6.07 Å². The molecular formula is C19H23ClN2O4. The van der Waals surface area contributed by atoms with E-state index in [9.17, 15) is 9.59 Å². The van der Waals surface area contributed by atoms with Gasteiger partial charge in [-0.3, -0.25) is 0 Å². The van der Waals surface area contributed by atoms with Crippen molar-refractivity contribution in [1.82, 2.24) is 0 Å². The van der Waals surface area contributed by atoms with Gasteiger partial charge in [0.25, 0.3) is 5.79 Å². The third-order valence-corrected chi connectivity index (χ3v) is 4.75. The van der Waals surface area contributed by atoms with Gasteiger partial charge in [-0.1, -0.05) is 18.5 Å². The summed E-state index contributed by atoms with van der Waals surface area (Å²) in [6.45, 7) is 7.24. The average Bonchev–Trinajstić information content (AvgIpc) is 2.53. The van der Waals surface area contributed by atoms with E-state index in [4.69, 9.17) is 21.1 Å². The monoisotopic (exact) mass is 378 g/mol. The number of rotatable bonds is 3. The highest BCUT2D eigenvalue weighted by molar-refractivity contribution is 6.33. The van der Waals surface area contributed by atoms with Crippen LogP contribution in [-0.2, 0) is 19.1 Å². The van der Waals surface area contributed by atoms with E-state index in [0.717, 1.165) is 25.2 Å². The van der Waals surface area contributed by atoms with Crippen LogP contribution < -0.4 is 10.2 Å². The quantitative estimate of drug-likeness (QED) is 0.491. The van der Waals surface area contributed by atoms with Crippen LogP contribution in [0.2, 0.25) is 5.02 Å². The molecule has 0 aliphatic carbocycles. The zero-order valence-electron chi connectivity index (χ0n) is 15.2. The summed E-state index contributed by atoms with van der Waals surface area (Å²) in [6, 6.07) is 5.58. The molecule has 0 aromatic heterocycles. The molecule has 1 atom stereocenters. The Balaban J connectivity index is 1.72. The van der Waals surface area contributed by atoms with Crippen molar-refractivity contribution in [2.75, 3.05) is 23.3 Å². The second-order valence-electron chi connectivity index (χ2n) is 7.24. The molecule has 1 N–H and O–H groups in total. The van der Waals surface area contributed by atoms with Crippen LogP contribution in [-0.4, -0.2) is 30.8 Å². The lowest BCUT2D eigenvalue weighted by molar-refractivity contribution is -0.222. The first-order valence-electron chi connectivity index (χ1n) is 8.73. The second-order valence-corrected chi connectivity index (χ2v) is 7.65. The van der Waals surface area contributed by atoms with E-state index in [1.165, 1.54) is 26.5 Å². The number of halogens is 1. The van der Waals surface area contributed by atoms with Crippen LogP contribution >= 0.6 is 11.6 Å². The van der Waals surface area contributed by atoms with E-state index in [1.807, 2.05) is 12.1 Å². The van der Waals surface area contributed by atoms with Crippen molar-refractivity contribution in [3.05, 3.63) is 35.0 Å². The number of esters is 2. The van der Waals surface area contributed by atoms with Gasteiger partial charge < -0.3 is 19.7 Å². The van der Waals surface area contributed by atoms with E-state index in [0.29, 0.717) is 16.6 Å². The zero-order chi connectivity index (χ0) is 18.9. The van der Waals surface area contributed by atoms with Crippen LogP contribution in [0.3, 0.4) is 0 Å². The fourth-order valence-electron chi connectivity index (χ4n) is 3.20. The smallest absolute Gasteiger partial charge is 0.350 e. The first kappa shape index (κ1) is 18.6. The molecule has 7 heteroatoms. The number of carbonyl (C=O) groups is 2. The number of hydrogen-bond acceptors (Lipinski definition) is 6. The van der Waals surface area contributed by atoms with Crippen LogP contribution in [0, 0.1) is 5.92 Å². The molecule has 2 heterocycles. The largest absolute Gasteiger partial charge is 0.419 e. The Morgan fingerprint density at radius 2 is 1.96 bits per heavy atom. The van der Waals surface area contributed by atoms with E-state index < -0.39 is 17.7 Å². The van der Waals surface area contributed by atoms with Crippen molar-refractivity contribution in [1.29, 1.82) is 0 Å². The summed E-state index contributed by atoms with van der Waals surface area (Å²) >= 11 is 6.44. The van der Waals surface area contributed by atoms with Crippen molar-refractivity contribution in [3.8, 4) is 0 Å². The maximum Gasteiger partial charge on any atom is 0.350 e. The Morgan fingerprint density at radius 3 is 2.58 bits per heavy atom. The molecule has 6 nitrogen and oxygen atoms in total. The molecule has 1 aromatic rings. The normalized spacial score (nSPS) is 22.5. The van der Waals surface area contributed by atoms with Crippen LogP contribution in [0.5, 0.6) is 0 Å². The van der Waals surface area contributed by atoms with Gasteiger partial charge in [-0.15, -0.1) is 0 Å². The molecule has 0 saturated carbocycles. The molecule has 26 heavy (non-hydrogen) atoms. The fraction of sp³-hybridized carbons (Fsp3) is 0.474. The Labute approximate surface area is 158 Å². The number of carbonyl (C=O) groups excluding carboxylic acids is 2. The van der Waals surface area contributed by atoms with Gasteiger partial charge in [-0.05, 0) is 37.0 Å². The van der Waals surface area contributed by atoms with Crippen molar-refractivity contribution in [2.45, 2.75) is 39.4 Å². The van der Waals surface area contributed by atoms with Gasteiger partial charge in [-0.2, -0.15) is 0 Å². The van der Waals surface area contributed by atoms with Gasteiger partial charge in [0.15, 0.2) is 5.57 Å². The van der Waals surface area contributed by atoms with E-state index in [2.05, 4.69) is 17.1 Å². The molecule has 3 rings (SSSR count). The Bertz CT molecular complexity index is 738. The summed E-state index contributed by atoms with van der Waals surface area (Å²) in [5.41, 5.74) is 1.48. The molecule has 0 bridgehead atoms. The molecule has 2 fully saturated rings. The third kappa shape index (κ3) is 4.12. The average molecular weight is 379 g/mol. The summed E-state index contributed by atoms with van der Waals surface area (Å²) in [4.78, 5) is 26.2. The van der Waals surface area contributed by atoms with Gasteiger partial charge in [0.2, 0.25) is 0 Å². The lowest BCUT2D eigenvalue weighted by atomic mass is 10.00. The lowest BCUT2D eigenvalue weighted by Gasteiger charge is -2.33. The first-order valence-corrected chi connectivity index (χ1v) is 9.11. The predicted molar refractivity (Wildman–Crippen MR) is 100 cm³/mol. The van der Waals surface area contributed by atoms with E-state index in [-0.39, 0.29) is 5.57 Å². The Hall–Kier alpha value is -2.21. The minimum Gasteiger partial charge on any atom is -0.419 e. The minimum atomic E-state index is -1.25. The molecular weight excluding hydrogens is 356 g/mol. The number of cyclic esters (lactones) is 2. The summed E-state index contributed by atoms with van der Waals surface area (Å²) in [5.74, 6) is -2.04. The summed E-state index contributed by atoms with van der Waals surface area (Å²) < 4.78 is 10.1. The van der Waals surface area contributed by atoms with Crippen LogP contribution in [0.1, 0.15) is 33.6 Å². The Morgan fingerprint density at radius 1 is 1.27 bits per heavy atom. The van der Waals surface area contributed by atoms with Crippen molar-refractivity contribution >= 4 is 34.9 Å². The van der Waals surface area contributed by atoms with Crippen molar-refractivity contribution in [3.63, 3.8) is 0 Å². The number of ether oxygens (including phenoxy) is 2. The van der Waals surface area contributed by atoms with Gasteiger partial charge >= 0.3 is 11.9 Å². The molecule has 0 spiro atoms. The second kappa shape index (κ2) is 7.19. The van der Waals surface area contributed by atoms with Crippen LogP contribution in [0.25, 0.3) is 0 Å². The molecule has 0 radical (unpaired) electrons. The first-order chi connectivity index (χ1) is 12.2. The molecule has 2 aliphatic heterocycles. The Kier molecular flexibility index (Phi) is 5.14. The number of nitrogens with one attached hydrogen (secondary N) is 1. The zero-order valence-corrected chi connectivity index (χ0v) is 15.9. The number of benzene rings is 1. The molecule has 0 amide bonds. The van der Waals surface area contributed by atoms with Gasteiger partial charge in [0, 0.05) is 38.8 Å². The standard InChI is InChI=1S/C19H23ClN2O4/c1-12-5-4-8-22(11-12)16-7-6-13(9-15(16)20)21-10-14-17(23)25-19(2,3)26-18(14)24/h6-7,9-10,12,21H,4-5,8,11H2,1-3H3. The molecule has 2 saturated heterocycles. The topological polar surface area (TPSA) is 67.9 Å². The van der Waals surface area contributed by atoms with E-state index >= 15 is 0 Å². The van der Waals surface area contributed by atoms with Crippen LogP contribution in [0.15, 0.2) is 30.0 Å². The van der Waals surface area contributed by atoms with Crippen molar-refractivity contribution < 1.29 is 19.1 Å². The maximum atomic E-state index is 11.9. The highest BCUT2D eigenvalue weighted by atomic mass is 35.5. The maximum absolute atomic E-state index is 11.9.